The van der Waals surface area contributed by atoms with Gasteiger partial charge in [-0.15, -0.1) is 0 Å². The second-order valence-electron chi connectivity index (χ2n) is 18.7. The standard InChI is InChI=1S/C52H106N4O6/c1-5-9-13-17-19-25-35-47(33-23-15-11-7-3)51(59)61-41-31-21-27-37-55(45-49(57)43-53)39-29-30-40-56(46-50(58)44-54)38-28-22-32-42-62-52(60)48(34-24-16-12-8-4)36-26-20-18-14-10-6-2/h47-50,57-58H,5-46,53-54H2,1-4H3. The molecule has 62 heavy (non-hydrogen) atoms. The van der Waals surface area contributed by atoms with Crippen LogP contribution in [-0.2, 0) is 19.1 Å². The second kappa shape index (κ2) is 46.2. The third-order valence-electron chi connectivity index (χ3n) is 12.7. The first kappa shape index (κ1) is 60.7. The average Bonchev–Trinajstić information content (AvgIpc) is 3.27. The number of aliphatic hydroxyl groups is 2. The first-order valence-electron chi connectivity index (χ1n) is 26.8. The summed E-state index contributed by atoms with van der Waals surface area (Å²) in [6.07, 6.45) is 34.7. The van der Waals surface area contributed by atoms with Crippen LogP contribution in [0.25, 0.3) is 0 Å². The van der Waals surface area contributed by atoms with E-state index in [1.807, 2.05) is 0 Å². The van der Waals surface area contributed by atoms with Crippen LogP contribution in [0.3, 0.4) is 0 Å². The van der Waals surface area contributed by atoms with Gasteiger partial charge >= 0.3 is 11.9 Å². The van der Waals surface area contributed by atoms with Gasteiger partial charge in [0.05, 0.1) is 37.3 Å². The third kappa shape index (κ3) is 38.0. The molecule has 0 spiro atoms. The number of carbonyl (C=O) groups excluding carboxylic acids is 2. The van der Waals surface area contributed by atoms with Gasteiger partial charge in [-0.1, -0.05) is 156 Å². The lowest BCUT2D eigenvalue weighted by Crippen LogP contribution is -2.39. The van der Waals surface area contributed by atoms with E-state index < -0.39 is 12.2 Å². The quantitative estimate of drug-likeness (QED) is 0.0343. The van der Waals surface area contributed by atoms with E-state index in [4.69, 9.17) is 20.9 Å². The summed E-state index contributed by atoms with van der Waals surface area (Å²) in [4.78, 5) is 30.8. The maximum absolute atomic E-state index is 13.1. The van der Waals surface area contributed by atoms with Crippen LogP contribution in [-0.4, -0.2) is 110 Å². The first-order valence-corrected chi connectivity index (χ1v) is 26.8. The fourth-order valence-electron chi connectivity index (χ4n) is 8.55. The van der Waals surface area contributed by atoms with Crippen molar-refractivity contribution >= 4 is 11.9 Å². The highest BCUT2D eigenvalue weighted by atomic mass is 16.5. The Morgan fingerprint density at radius 2 is 0.661 bits per heavy atom. The molecule has 0 saturated heterocycles. The van der Waals surface area contributed by atoms with Crippen LogP contribution >= 0.6 is 0 Å². The van der Waals surface area contributed by atoms with Gasteiger partial charge in [-0.3, -0.25) is 9.59 Å². The predicted molar refractivity (Wildman–Crippen MR) is 262 cm³/mol. The maximum atomic E-state index is 13.1. The number of nitrogens with zero attached hydrogens (tertiary/aromatic N) is 2. The minimum Gasteiger partial charge on any atom is -0.465 e. The molecule has 370 valence electrons. The van der Waals surface area contributed by atoms with Crippen molar-refractivity contribution in [2.24, 2.45) is 23.3 Å². The number of unbranched alkanes of at least 4 members (excludes halogenated alkanes) is 21. The smallest absolute Gasteiger partial charge is 0.308 e. The van der Waals surface area contributed by atoms with E-state index in [-0.39, 0.29) is 36.9 Å². The van der Waals surface area contributed by atoms with Gasteiger partial charge in [0.2, 0.25) is 0 Å². The van der Waals surface area contributed by atoms with Crippen LogP contribution in [0, 0.1) is 11.8 Å². The fraction of sp³-hybridized carbons (Fsp3) is 0.962. The van der Waals surface area contributed by atoms with Gasteiger partial charge in [0.25, 0.3) is 0 Å². The van der Waals surface area contributed by atoms with E-state index in [2.05, 4.69) is 37.5 Å². The highest BCUT2D eigenvalue weighted by Gasteiger charge is 2.21. The molecule has 0 aromatic heterocycles. The molecule has 0 fully saturated rings. The minimum absolute atomic E-state index is 0.00659. The number of aliphatic hydroxyl groups excluding tert-OH is 2. The zero-order chi connectivity index (χ0) is 45.7. The largest absolute Gasteiger partial charge is 0.465 e. The number of rotatable bonds is 49. The molecule has 0 aliphatic rings. The Kier molecular flexibility index (Phi) is 45.3. The van der Waals surface area contributed by atoms with Gasteiger partial charge in [-0.25, -0.2) is 0 Å². The number of hydrogen-bond donors (Lipinski definition) is 4. The maximum Gasteiger partial charge on any atom is 0.308 e. The molecule has 6 N–H and O–H groups in total. The van der Waals surface area contributed by atoms with E-state index in [9.17, 15) is 19.8 Å². The Balaban J connectivity index is 4.72. The topological polar surface area (TPSA) is 152 Å². The Morgan fingerprint density at radius 3 is 0.968 bits per heavy atom. The van der Waals surface area contributed by atoms with E-state index in [0.717, 1.165) is 129 Å². The van der Waals surface area contributed by atoms with Gasteiger partial charge in [-0.2, -0.15) is 0 Å². The number of esters is 2. The Labute approximate surface area is 384 Å². The molecular weight excluding hydrogens is 777 g/mol. The summed E-state index contributed by atoms with van der Waals surface area (Å²) in [5.74, 6) is 0.0956. The first-order chi connectivity index (χ1) is 30.3. The van der Waals surface area contributed by atoms with Crippen LogP contribution in [0.4, 0.5) is 0 Å². The Morgan fingerprint density at radius 1 is 0.403 bits per heavy atom. The van der Waals surface area contributed by atoms with Crippen LogP contribution in [0.1, 0.15) is 233 Å². The summed E-state index contributed by atoms with van der Waals surface area (Å²) < 4.78 is 11.7. The van der Waals surface area contributed by atoms with Crippen LogP contribution in [0.5, 0.6) is 0 Å². The molecule has 4 unspecified atom stereocenters. The Bertz CT molecular complexity index is 886. The molecule has 0 saturated carbocycles. The highest BCUT2D eigenvalue weighted by Crippen LogP contribution is 2.22. The van der Waals surface area contributed by atoms with Crippen molar-refractivity contribution in [2.45, 2.75) is 245 Å². The zero-order valence-corrected chi connectivity index (χ0v) is 41.6. The fourth-order valence-corrected chi connectivity index (χ4v) is 8.55. The second-order valence-corrected chi connectivity index (χ2v) is 18.7. The number of hydrogen-bond acceptors (Lipinski definition) is 10. The van der Waals surface area contributed by atoms with Crippen molar-refractivity contribution in [3.8, 4) is 0 Å². The number of carbonyl (C=O) groups is 2. The molecular formula is C52H106N4O6. The summed E-state index contributed by atoms with van der Waals surface area (Å²) in [6.45, 7) is 15.0. The molecule has 0 amide bonds. The molecule has 10 heteroatoms. The van der Waals surface area contributed by atoms with Crippen LogP contribution in [0.15, 0.2) is 0 Å². The lowest BCUT2D eigenvalue weighted by Gasteiger charge is -2.27. The van der Waals surface area contributed by atoms with E-state index in [0.29, 0.717) is 26.3 Å². The molecule has 0 aromatic carbocycles. The SMILES string of the molecule is CCCCCCCCC(CCCCCC)C(=O)OCCCCCN(CCCCN(CCCCCOC(=O)C(CCCCCC)CCCCCCCC)CC(O)CN)CC(O)CN. The normalized spacial score (nSPS) is 13.8. The van der Waals surface area contributed by atoms with Crippen molar-refractivity contribution in [1.29, 1.82) is 0 Å². The molecule has 0 aliphatic carbocycles. The summed E-state index contributed by atoms with van der Waals surface area (Å²) in [6, 6.07) is 0. The van der Waals surface area contributed by atoms with Gasteiger partial charge < -0.3 is 41.0 Å². The zero-order valence-electron chi connectivity index (χ0n) is 41.6. The summed E-state index contributed by atoms with van der Waals surface area (Å²) in [5, 5.41) is 20.8. The van der Waals surface area contributed by atoms with Crippen molar-refractivity contribution < 1.29 is 29.3 Å². The molecule has 0 rings (SSSR count). The van der Waals surface area contributed by atoms with Gasteiger partial charge in [0.1, 0.15) is 0 Å². The molecule has 0 aromatic rings. The summed E-state index contributed by atoms with van der Waals surface area (Å²) >= 11 is 0. The monoisotopic (exact) mass is 883 g/mol. The average molecular weight is 883 g/mol. The van der Waals surface area contributed by atoms with Crippen LogP contribution in [0.2, 0.25) is 0 Å². The summed E-state index contributed by atoms with van der Waals surface area (Å²) in [7, 11) is 0. The van der Waals surface area contributed by atoms with E-state index in [1.165, 1.54) is 103 Å². The molecule has 0 bridgehead atoms. The van der Waals surface area contributed by atoms with Crippen molar-refractivity contribution in [2.75, 3.05) is 65.6 Å². The molecule has 0 radical (unpaired) electrons. The van der Waals surface area contributed by atoms with Crippen LogP contribution < -0.4 is 11.5 Å². The predicted octanol–water partition coefficient (Wildman–Crippen LogP) is 11.1. The highest BCUT2D eigenvalue weighted by molar-refractivity contribution is 5.72. The lowest BCUT2D eigenvalue weighted by molar-refractivity contribution is -0.150. The lowest BCUT2D eigenvalue weighted by atomic mass is 9.94. The van der Waals surface area contributed by atoms with Gasteiger partial charge in [0, 0.05) is 26.2 Å². The summed E-state index contributed by atoms with van der Waals surface area (Å²) in [5.41, 5.74) is 11.6. The number of ether oxygens (including phenoxy) is 2. The van der Waals surface area contributed by atoms with E-state index >= 15 is 0 Å². The van der Waals surface area contributed by atoms with E-state index in [1.54, 1.807) is 0 Å². The molecule has 4 atom stereocenters. The molecule has 0 heterocycles. The minimum atomic E-state index is -0.552. The molecule has 10 nitrogen and oxygen atoms in total. The Hall–Kier alpha value is -1.30. The van der Waals surface area contributed by atoms with Crippen molar-refractivity contribution in [3.05, 3.63) is 0 Å². The van der Waals surface area contributed by atoms with Gasteiger partial charge in [0.15, 0.2) is 0 Å². The van der Waals surface area contributed by atoms with Crippen molar-refractivity contribution in [3.63, 3.8) is 0 Å². The molecule has 0 aliphatic heterocycles. The third-order valence-corrected chi connectivity index (χ3v) is 12.7. The van der Waals surface area contributed by atoms with Crippen molar-refractivity contribution in [1.82, 2.24) is 9.80 Å². The number of nitrogens with two attached hydrogens (primary N) is 2. The van der Waals surface area contributed by atoms with Gasteiger partial charge in [-0.05, 0) is 103 Å².